The van der Waals surface area contributed by atoms with E-state index in [1.165, 1.54) is 26.3 Å². The van der Waals surface area contributed by atoms with Crippen LogP contribution in [0.3, 0.4) is 0 Å². The molecular weight excluding hydrogens is 544 g/mol. The van der Waals surface area contributed by atoms with Crippen LogP contribution in [0.1, 0.15) is 50.0 Å². The minimum Gasteiger partial charge on any atom is -0.468 e. The Bertz CT molecular complexity index is 1630. The molecule has 2 atom stereocenters. The molecule has 5 rings (SSSR count). The van der Waals surface area contributed by atoms with Crippen molar-refractivity contribution in [2.24, 2.45) is 14.1 Å². The Hall–Kier alpha value is -4.42. The van der Waals surface area contributed by atoms with Crippen LogP contribution >= 0.6 is 0 Å². The predicted molar refractivity (Wildman–Crippen MR) is 141 cm³/mol. The van der Waals surface area contributed by atoms with Gasteiger partial charge in [0.05, 0.1) is 18.1 Å². The molecule has 1 aliphatic heterocycles. The van der Waals surface area contributed by atoms with Crippen molar-refractivity contribution in [3.8, 4) is 6.01 Å². The van der Waals surface area contributed by atoms with Crippen molar-refractivity contribution < 1.29 is 31.9 Å². The molecule has 1 saturated heterocycles. The highest BCUT2D eigenvalue weighted by atomic mass is 19.4. The van der Waals surface area contributed by atoms with Gasteiger partial charge in [-0.1, -0.05) is 12.1 Å². The Morgan fingerprint density at radius 2 is 1.80 bits per heavy atom. The van der Waals surface area contributed by atoms with Gasteiger partial charge in [0, 0.05) is 50.8 Å². The van der Waals surface area contributed by atoms with Crippen LogP contribution in [-0.2, 0) is 20.3 Å². The topological polar surface area (TPSA) is 94.3 Å². The first-order chi connectivity index (χ1) is 19.4. The molecule has 0 spiro atoms. The molecule has 0 radical (unpaired) electrons. The first-order valence-electron chi connectivity index (χ1n) is 12.8. The number of rotatable bonds is 5. The van der Waals surface area contributed by atoms with Gasteiger partial charge >= 0.3 is 6.18 Å². The van der Waals surface area contributed by atoms with Crippen LogP contribution in [0.4, 0.5) is 17.6 Å². The van der Waals surface area contributed by atoms with Gasteiger partial charge in [0.25, 0.3) is 17.8 Å². The van der Waals surface area contributed by atoms with Gasteiger partial charge in [0.2, 0.25) is 0 Å². The first kappa shape index (κ1) is 28.1. The van der Waals surface area contributed by atoms with E-state index < -0.39 is 35.6 Å². The van der Waals surface area contributed by atoms with Crippen molar-refractivity contribution in [2.75, 3.05) is 20.2 Å². The van der Waals surface area contributed by atoms with Crippen molar-refractivity contribution >= 4 is 22.8 Å². The molecule has 2 aromatic heterocycles. The number of fused-ring (bicyclic) bond motifs is 1. The summed E-state index contributed by atoms with van der Waals surface area (Å²) >= 11 is 0. The SMILES string of the molecule is COc1nc2c(C)cc(C(=O)N3CC[C@@H](NC(=O)c4cc(C(F)(F)F)nn4C)[C@@H](c4ccc(F)cc4)C3)cc2n1C. The molecule has 1 N–H and O–H groups in total. The standard InChI is InChI=1S/C28H28F4N6O3/c1-15-11-17(12-21-24(15)34-27(41-4)36(21)2)26(40)38-10-9-20(19(14-38)16-5-7-18(29)8-6-16)33-25(39)22-13-23(28(30,31)32)35-37(22)3/h5-8,11-13,19-20H,9-10,14H2,1-4H3,(H,33,39)/t19-,20-/m1/s1. The fourth-order valence-electron chi connectivity index (χ4n) is 5.34. The molecule has 2 amide bonds. The predicted octanol–water partition coefficient (Wildman–Crippen LogP) is 4.21. The Kier molecular flexibility index (Phi) is 7.22. The highest BCUT2D eigenvalue weighted by Crippen LogP contribution is 2.32. The fraction of sp³-hybridized carbons (Fsp3) is 0.357. The number of imidazole rings is 1. The molecule has 2 aromatic carbocycles. The molecule has 0 aliphatic carbocycles. The third-order valence-electron chi connectivity index (χ3n) is 7.48. The average molecular weight is 573 g/mol. The Labute approximate surface area is 232 Å². The average Bonchev–Trinajstić information content (AvgIpc) is 3.49. The number of hydrogen-bond donors (Lipinski definition) is 1. The molecule has 0 unspecified atom stereocenters. The Morgan fingerprint density at radius 3 is 2.44 bits per heavy atom. The summed E-state index contributed by atoms with van der Waals surface area (Å²) in [5.74, 6) is -1.84. The highest BCUT2D eigenvalue weighted by Gasteiger charge is 2.37. The monoisotopic (exact) mass is 572 g/mol. The summed E-state index contributed by atoms with van der Waals surface area (Å²) in [5, 5.41) is 6.24. The maximum atomic E-state index is 13.7. The lowest BCUT2D eigenvalue weighted by Gasteiger charge is -2.39. The lowest BCUT2D eigenvalue weighted by molar-refractivity contribution is -0.141. The van der Waals surface area contributed by atoms with Gasteiger partial charge in [-0.3, -0.25) is 18.8 Å². The number of ether oxygens (including phenoxy) is 1. The summed E-state index contributed by atoms with van der Waals surface area (Å²) in [6.45, 7) is 2.34. The highest BCUT2D eigenvalue weighted by molar-refractivity contribution is 5.98. The van der Waals surface area contributed by atoms with Crippen molar-refractivity contribution in [2.45, 2.75) is 31.5 Å². The normalized spacial score (nSPS) is 17.6. The molecule has 3 heterocycles. The zero-order chi connectivity index (χ0) is 29.6. The number of nitrogens with one attached hydrogen (secondary N) is 1. The molecule has 13 heteroatoms. The Morgan fingerprint density at radius 1 is 1.10 bits per heavy atom. The molecule has 1 fully saturated rings. The van der Waals surface area contributed by atoms with Crippen molar-refractivity contribution in [1.82, 2.24) is 29.5 Å². The third kappa shape index (κ3) is 5.35. The zero-order valence-electron chi connectivity index (χ0n) is 22.8. The summed E-state index contributed by atoms with van der Waals surface area (Å²) in [6.07, 6.45) is -4.37. The van der Waals surface area contributed by atoms with E-state index in [1.54, 1.807) is 40.8 Å². The van der Waals surface area contributed by atoms with Crippen LogP contribution < -0.4 is 10.1 Å². The summed E-state index contributed by atoms with van der Waals surface area (Å²) in [5.41, 5.74) is 1.97. The van der Waals surface area contributed by atoms with E-state index in [4.69, 9.17) is 4.74 Å². The van der Waals surface area contributed by atoms with E-state index in [0.29, 0.717) is 29.6 Å². The number of aryl methyl sites for hydroxylation is 3. The molecule has 216 valence electrons. The van der Waals surface area contributed by atoms with Crippen LogP contribution in [-0.4, -0.2) is 62.3 Å². The quantitative estimate of drug-likeness (QED) is 0.362. The second kappa shape index (κ2) is 10.5. The maximum absolute atomic E-state index is 13.7. The van der Waals surface area contributed by atoms with Gasteiger partial charge in [-0.2, -0.15) is 23.3 Å². The summed E-state index contributed by atoms with van der Waals surface area (Å²) in [6, 6.07) is 9.83. The van der Waals surface area contributed by atoms with Gasteiger partial charge < -0.3 is 15.0 Å². The number of aromatic nitrogens is 4. The molecule has 0 saturated carbocycles. The number of methoxy groups -OCH3 is 1. The van der Waals surface area contributed by atoms with Crippen molar-refractivity contribution in [1.29, 1.82) is 0 Å². The number of likely N-dealkylation sites (tertiary alicyclic amines) is 1. The third-order valence-corrected chi connectivity index (χ3v) is 7.48. The summed E-state index contributed by atoms with van der Waals surface area (Å²) in [7, 11) is 4.57. The van der Waals surface area contributed by atoms with Crippen LogP contribution in [0.25, 0.3) is 11.0 Å². The smallest absolute Gasteiger partial charge is 0.435 e. The number of halogens is 4. The largest absolute Gasteiger partial charge is 0.468 e. The summed E-state index contributed by atoms with van der Waals surface area (Å²) in [4.78, 5) is 32.9. The van der Waals surface area contributed by atoms with Gasteiger partial charge in [-0.05, 0) is 48.7 Å². The molecule has 41 heavy (non-hydrogen) atoms. The van der Waals surface area contributed by atoms with E-state index in [0.717, 1.165) is 21.3 Å². The maximum Gasteiger partial charge on any atom is 0.435 e. The number of piperidine rings is 1. The van der Waals surface area contributed by atoms with E-state index in [9.17, 15) is 27.2 Å². The van der Waals surface area contributed by atoms with Crippen molar-refractivity contribution in [3.63, 3.8) is 0 Å². The number of carbonyl (C=O) groups excluding carboxylic acids is 2. The lowest BCUT2D eigenvalue weighted by Crippen LogP contribution is -2.51. The molecule has 4 aromatic rings. The van der Waals surface area contributed by atoms with Gasteiger partial charge in [0.15, 0.2) is 5.69 Å². The molecule has 1 aliphatic rings. The van der Waals surface area contributed by atoms with Gasteiger partial charge in [-0.25, -0.2) is 4.39 Å². The fourth-order valence-corrected chi connectivity index (χ4v) is 5.34. The van der Waals surface area contributed by atoms with Crippen LogP contribution in [0, 0.1) is 12.7 Å². The molecule has 9 nitrogen and oxygen atoms in total. The number of benzene rings is 2. The van der Waals surface area contributed by atoms with Gasteiger partial charge in [0.1, 0.15) is 11.5 Å². The number of amides is 2. The van der Waals surface area contributed by atoms with E-state index >= 15 is 0 Å². The van der Waals surface area contributed by atoms with Crippen LogP contribution in [0.5, 0.6) is 6.01 Å². The second-order valence-electron chi connectivity index (χ2n) is 10.1. The van der Waals surface area contributed by atoms with E-state index in [-0.39, 0.29) is 24.7 Å². The van der Waals surface area contributed by atoms with E-state index in [2.05, 4.69) is 15.4 Å². The first-order valence-corrected chi connectivity index (χ1v) is 12.8. The minimum atomic E-state index is -4.69. The minimum absolute atomic E-state index is 0.195. The number of carbonyl (C=O) groups is 2. The second-order valence-corrected chi connectivity index (χ2v) is 10.1. The van der Waals surface area contributed by atoms with Crippen LogP contribution in [0.2, 0.25) is 0 Å². The number of hydrogen-bond acceptors (Lipinski definition) is 5. The van der Waals surface area contributed by atoms with E-state index in [1.807, 2.05) is 6.92 Å². The van der Waals surface area contributed by atoms with Gasteiger partial charge in [-0.15, -0.1) is 0 Å². The molecular formula is C28H28F4N6O3. The number of alkyl halides is 3. The van der Waals surface area contributed by atoms with Crippen molar-refractivity contribution in [3.05, 3.63) is 76.4 Å². The summed E-state index contributed by atoms with van der Waals surface area (Å²) < 4.78 is 61.1. The number of nitrogens with zero attached hydrogens (tertiary/aromatic N) is 5. The van der Waals surface area contributed by atoms with Crippen LogP contribution in [0.15, 0.2) is 42.5 Å². The zero-order valence-corrected chi connectivity index (χ0v) is 22.8. The lowest BCUT2D eigenvalue weighted by atomic mass is 9.85. The Balaban J connectivity index is 1.42. The molecule has 0 bridgehead atoms.